The van der Waals surface area contributed by atoms with Crippen LogP contribution in [0.5, 0.6) is 0 Å². The van der Waals surface area contributed by atoms with E-state index in [-0.39, 0.29) is 0 Å². The molecule has 0 N–H and O–H groups in total. The lowest BCUT2D eigenvalue weighted by Crippen LogP contribution is -2.90. The summed E-state index contributed by atoms with van der Waals surface area (Å²) in [5.74, 6) is 0. The van der Waals surface area contributed by atoms with Crippen LogP contribution in [0.25, 0.3) is 0 Å². The van der Waals surface area contributed by atoms with E-state index >= 15 is 0 Å². The quantitative estimate of drug-likeness (QED) is 0.175. The first-order chi connectivity index (χ1) is 38.2. The number of rotatable bonds is 10. The summed E-state index contributed by atoms with van der Waals surface area (Å²) in [5.41, 5.74) is 0. The minimum atomic E-state index is -4.99. The van der Waals surface area contributed by atoms with Crippen LogP contribution in [0.4, 0.5) is 0 Å². The Morgan fingerprint density at radius 1 is 0.215 bits per heavy atom. The molecule has 79 heavy (non-hydrogen) atoms. The van der Waals surface area contributed by atoms with Gasteiger partial charge in [0.2, 0.25) is 0 Å². The Morgan fingerprint density at radius 2 is 0.443 bits per heavy atom. The summed E-state index contributed by atoms with van der Waals surface area (Å²) < 4.78 is 118. The smallest absolute Gasteiger partial charge is 0.409 e. The summed E-state index contributed by atoms with van der Waals surface area (Å²) in [4.78, 5) is 0. The Hall–Kier alpha value is -4.67. The molecule has 0 aliphatic carbocycles. The molecular weight excluding hydrogens is 1170 g/mol. The summed E-state index contributed by atoms with van der Waals surface area (Å²) in [6.45, 7) is 7.67. The van der Waals surface area contributed by atoms with Gasteiger partial charge in [0.25, 0.3) is 0 Å². The standard InChI is InChI=1S/C54H58O15Si10/c1-55-74(49-35-19-9-20-36-49)63-75(56-2,50-37-21-10-22-38-50)65-79(54-45-29-14-30-46-54)68-77(52-41-25-12-26-42-52)62-73(6)59-71(4,48-33-17-8-18-34-48)57-70(3,47-31-15-7-16-32-47)58-72(5,60-73)61-76(66-77,51-39-23-11-24-40-51)67-78(64-74,69-79)53-43-27-13-28-44-53/h7-46H,1-6H3. The largest absolute Gasteiger partial charge is 0.522 e. The van der Waals surface area contributed by atoms with Crippen molar-refractivity contribution in [2.24, 2.45) is 0 Å². The third kappa shape index (κ3) is 10.2. The van der Waals surface area contributed by atoms with Crippen LogP contribution in [0.1, 0.15) is 0 Å². The van der Waals surface area contributed by atoms with Crippen LogP contribution in [0, 0.1) is 0 Å². The molecule has 6 bridgehead atoms. The average Bonchev–Trinajstić information content (AvgIpc) is 2.82. The van der Waals surface area contributed by atoms with Gasteiger partial charge in [0.15, 0.2) is 0 Å². The van der Waals surface area contributed by atoms with Gasteiger partial charge in [-0.1, -0.05) is 243 Å². The SMILES string of the molecule is CO[Si]1(c2ccccc2)O[Si](OC)(c2ccccc2)O[Si]2(c3ccccc3)O[Si]3(c4ccccc4)O[Si]4(C)O[Si](C)(O[Si](C)(c5ccccc5)O[Si](C)(c5ccccc5)O4)O[Si](c4ccccc4)(O3)O[Si](c3ccccc3)(O1)O2. The first kappa shape index (κ1) is 54.9. The van der Waals surface area contributed by atoms with Crippen LogP contribution in [0.2, 0.25) is 26.2 Å². The van der Waals surface area contributed by atoms with Crippen LogP contribution in [-0.4, -0.2) is 102 Å². The summed E-state index contributed by atoms with van der Waals surface area (Å²) in [7, 11) is -42.1. The van der Waals surface area contributed by atoms with Gasteiger partial charge < -0.3 is 62.3 Å². The fourth-order valence-electron chi connectivity index (χ4n) is 10.5. The molecule has 15 nitrogen and oxygen atoms in total. The van der Waals surface area contributed by atoms with Gasteiger partial charge in [-0.3, -0.25) is 0 Å². The lowest BCUT2D eigenvalue weighted by molar-refractivity contribution is 0.0294. The lowest BCUT2D eigenvalue weighted by atomic mass is 10.4. The second kappa shape index (κ2) is 21.3. The fourth-order valence-corrected chi connectivity index (χ4v) is 64.0. The zero-order valence-electron chi connectivity index (χ0n) is 44.2. The number of fused-ring (bicyclic) bond motifs is 6. The third-order valence-electron chi connectivity index (χ3n) is 13.9. The summed E-state index contributed by atoms with van der Waals surface area (Å²) in [6.07, 6.45) is 0. The second-order valence-electron chi connectivity index (χ2n) is 19.6. The molecule has 4 aliphatic rings. The van der Waals surface area contributed by atoms with Crippen molar-refractivity contribution in [2.75, 3.05) is 14.2 Å². The van der Waals surface area contributed by atoms with Crippen LogP contribution < -0.4 is 41.5 Å². The minimum absolute atomic E-state index is 0.493. The Kier molecular flexibility index (Phi) is 14.8. The average molecular weight is 1230 g/mol. The molecule has 0 radical (unpaired) electrons. The van der Waals surface area contributed by atoms with E-state index in [4.69, 9.17) is 62.3 Å². The Bertz CT molecular complexity index is 3160. The molecule has 12 rings (SSSR count). The van der Waals surface area contributed by atoms with Crippen molar-refractivity contribution in [3.63, 3.8) is 0 Å². The molecule has 10 atom stereocenters. The maximum Gasteiger partial charge on any atom is 0.522 e. The van der Waals surface area contributed by atoms with Crippen molar-refractivity contribution in [2.45, 2.75) is 26.2 Å². The molecule has 0 spiro atoms. The topological polar surface area (TPSA) is 138 Å². The van der Waals surface area contributed by atoms with Crippen LogP contribution in [0.15, 0.2) is 243 Å². The van der Waals surface area contributed by atoms with E-state index < -0.39 is 87.6 Å². The van der Waals surface area contributed by atoms with Crippen molar-refractivity contribution in [3.8, 4) is 0 Å². The molecule has 4 aliphatic heterocycles. The van der Waals surface area contributed by atoms with Gasteiger partial charge in [-0.25, -0.2) is 0 Å². The maximum atomic E-state index is 8.28. The van der Waals surface area contributed by atoms with Gasteiger partial charge in [0.05, 0.1) is 0 Å². The molecule has 0 saturated carbocycles. The third-order valence-corrected chi connectivity index (χ3v) is 56.4. The molecule has 404 valence electrons. The highest BCUT2D eigenvalue weighted by Crippen LogP contribution is 2.44. The van der Waals surface area contributed by atoms with Gasteiger partial charge in [0.1, 0.15) is 0 Å². The zero-order valence-corrected chi connectivity index (χ0v) is 54.2. The summed E-state index contributed by atoms with van der Waals surface area (Å²) in [5, 5.41) is 4.78. The predicted octanol–water partition coefficient (Wildman–Crippen LogP) is 4.72. The Balaban J connectivity index is 1.21. The molecule has 4 fully saturated rings. The van der Waals surface area contributed by atoms with Gasteiger partial charge in [0, 0.05) is 58.4 Å². The molecule has 25 heteroatoms. The van der Waals surface area contributed by atoms with Gasteiger partial charge in [-0.15, -0.1) is 0 Å². The Labute approximate surface area is 471 Å². The molecule has 4 saturated heterocycles. The van der Waals surface area contributed by atoms with Crippen LogP contribution >= 0.6 is 0 Å². The molecule has 8 aromatic rings. The minimum Gasteiger partial charge on any atom is -0.409 e. The highest BCUT2D eigenvalue weighted by atomic mass is 28.6. The van der Waals surface area contributed by atoms with Gasteiger partial charge >= 0.3 is 87.6 Å². The zero-order chi connectivity index (χ0) is 54.5. The predicted molar refractivity (Wildman–Crippen MR) is 318 cm³/mol. The molecular formula is C54H58O15Si10. The van der Waals surface area contributed by atoms with Crippen molar-refractivity contribution in [1.29, 1.82) is 0 Å². The molecule has 0 amide bonds. The van der Waals surface area contributed by atoms with Crippen molar-refractivity contribution < 1.29 is 62.3 Å². The summed E-state index contributed by atoms with van der Waals surface area (Å²) >= 11 is 0. The van der Waals surface area contributed by atoms with Crippen molar-refractivity contribution in [1.82, 2.24) is 0 Å². The number of benzene rings is 8. The molecule has 10 unspecified atom stereocenters. The van der Waals surface area contributed by atoms with E-state index in [1.165, 1.54) is 0 Å². The first-order valence-electron chi connectivity index (χ1n) is 25.8. The van der Waals surface area contributed by atoms with Crippen LogP contribution in [-0.2, 0) is 62.3 Å². The molecule has 4 heterocycles. The lowest BCUT2D eigenvalue weighted by Gasteiger charge is -2.58. The van der Waals surface area contributed by atoms with Gasteiger partial charge in [-0.05, 0) is 23.5 Å². The molecule has 0 aromatic heterocycles. The number of hydrogen-bond acceptors (Lipinski definition) is 15. The second-order valence-corrected chi connectivity index (χ2v) is 49.6. The normalized spacial score (nSPS) is 34.7. The number of hydrogen-bond donors (Lipinski definition) is 0. The van der Waals surface area contributed by atoms with E-state index in [1.807, 2.05) is 269 Å². The van der Waals surface area contributed by atoms with Gasteiger partial charge in [-0.2, -0.15) is 0 Å². The highest BCUT2D eigenvalue weighted by Gasteiger charge is 2.80. The first-order valence-corrected chi connectivity index (χ1v) is 45.2. The monoisotopic (exact) mass is 1230 g/mol. The van der Waals surface area contributed by atoms with E-state index in [2.05, 4.69) is 0 Å². The van der Waals surface area contributed by atoms with Crippen LogP contribution in [0.3, 0.4) is 0 Å². The van der Waals surface area contributed by atoms with E-state index in [0.29, 0.717) is 31.1 Å². The van der Waals surface area contributed by atoms with Crippen molar-refractivity contribution in [3.05, 3.63) is 243 Å². The van der Waals surface area contributed by atoms with Crippen molar-refractivity contribution >= 4 is 129 Å². The summed E-state index contributed by atoms with van der Waals surface area (Å²) in [6, 6.07) is 76.9. The van der Waals surface area contributed by atoms with E-state index in [0.717, 1.165) is 10.4 Å². The molecule has 8 aromatic carbocycles. The van der Waals surface area contributed by atoms with E-state index in [1.54, 1.807) is 14.2 Å². The Morgan fingerprint density at radius 3 is 0.696 bits per heavy atom. The maximum absolute atomic E-state index is 8.28. The highest BCUT2D eigenvalue weighted by molar-refractivity contribution is 7.10. The van der Waals surface area contributed by atoms with E-state index in [9.17, 15) is 0 Å². The fraction of sp³-hybridized carbons (Fsp3) is 0.111.